The number of carbonyl (C=O) groups excluding carboxylic acids is 3. The second kappa shape index (κ2) is 8.07. The van der Waals surface area contributed by atoms with Crippen LogP contribution >= 0.6 is 23.1 Å². The van der Waals surface area contributed by atoms with Gasteiger partial charge in [0.05, 0.1) is 16.3 Å². The Balaban J connectivity index is 1.39. The van der Waals surface area contributed by atoms with E-state index in [-0.39, 0.29) is 17.2 Å². The second-order valence-corrected chi connectivity index (χ2v) is 11.0. The summed E-state index contributed by atoms with van der Waals surface area (Å²) in [5, 5.41) is 2.76. The molecule has 0 fully saturated rings. The molecule has 0 radical (unpaired) electrons. The van der Waals surface area contributed by atoms with Crippen molar-refractivity contribution in [2.24, 2.45) is 11.3 Å². The van der Waals surface area contributed by atoms with Gasteiger partial charge < -0.3 is 5.32 Å². The number of thioether (sulfide) groups is 1. The predicted molar refractivity (Wildman–Crippen MR) is 120 cm³/mol. The summed E-state index contributed by atoms with van der Waals surface area (Å²) < 4.78 is 0. The molecular formula is C22H25N3O3S2. The smallest absolute Gasteiger partial charge is 0.279 e. The first kappa shape index (κ1) is 20.9. The molecule has 8 heteroatoms. The monoisotopic (exact) mass is 443 g/mol. The number of carbonyl (C=O) groups is 3. The van der Waals surface area contributed by atoms with Crippen LogP contribution < -0.4 is 16.2 Å². The summed E-state index contributed by atoms with van der Waals surface area (Å²) in [6.45, 7) is 6.80. The van der Waals surface area contributed by atoms with Gasteiger partial charge in [0.15, 0.2) is 0 Å². The van der Waals surface area contributed by atoms with Crippen LogP contribution in [0.2, 0.25) is 0 Å². The van der Waals surface area contributed by atoms with Gasteiger partial charge in [-0.05, 0) is 60.4 Å². The molecule has 6 nitrogen and oxygen atoms in total. The van der Waals surface area contributed by atoms with E-state index in [1.807, 2.05) is 6.07 Å². The van der Waals surface area contributed by atoms with Gasteiger partial charge in [0.1, 0.15) is 0 Å². The van der Waals surface area contributed by atoms with Gasteiger partial charge in [0.2, 0.25) is 5.91 Å². The van der Waals surface area contributed by atoms with Gasteiger partial charge in [-0.1, -0.05) is 20.8 Å². The van der Waals surface area contributed by atoms with Crippen LogP contribution in [0.4, 0.5) is 5.69 Å². The van der Waals surface area contributed by atoms with Crippen LogP contribution in [0.3, 0.4) is 0 Å². The Bertz CT molecular complexity index is 1020. The van der Waals surface area contributed by atoms with Crippen LogP contribution in [0, 0.1) is 11.3 Å². The van der Waals surface area contributed by atoms with Crippen LogP contribution in [-0.4, -0.2) is 23.5 Å². The molecule has 1 aliphatic heterocycles. The molecule has 1 unspecified atom stereocenters. The zero-order chi connectivity index (χ0) is 21.5. The number of fused-ring (bicyclic) bond motifs is 2. The number of aryl methyl sites for hydroxylation is 1. The lowest BCUT2D eigenvalue weighted by molar-refractivity contribution is -0.113. The van der Waals surface area contributed by atoms with E-state index in [1.54, 1.807) is 18.2 Å². The number of hydrazine groups is 1. The van der Waals surface area contributed by atoms with E-state index in [0.717, 1.165) is 24.2 Å². The van der Waals surface area contributed by atoms with Gasteiger partial charge in [0.25, 0.3) is 11.8 Å². The van der Waals surface area contributed by atoms with Crippen molar-refractivity contribution in [3.05, 3.63) is 45.1 Å². The highest BCUT2D eigenvalue weighted by Gasteiger charge is 2.30. The predicted octanol–water partition coefficient (Wildman–Crippen LogP) is 4.02. The summed E-state index contributed by atoms with van der Waals surface area (Å²) >= 11 is 2.94. The molecular weight excluding hydrogens is 418 g/mol. The van der Waals surface area contributed by atoms with E-state index >= 15 is 0 Å². The third-order valence-corrected chi connectivity index (χ3v) is 8.00. The molecule has 4 rings (SSSR count). The Labute approximate surface area is 184 Å². The molecule has 0 saturated carbocycles. The fourth-order valence-corrected chi connectivity index (χ4v) is 5.74. The van der Waals surface area contributed by atoms with Crippen molar-refractivity contribution in [2.75, 3.05) is 11.1 Å². The number of rotatable bonds is 2. The molecule has 2 aliphatic rings. The minimum Gasteiger partial charge on any atom is -0.324 e. The van der Waals surface area contributed by atoms with E-state index < -0.39 is 5.91 Å². The van der Waals surface area contributed by atoms with Crippen LogP contribution in [0.25, 0.3) is 0 Å². The Morgan fingerprint density at radius 1 is 1.13 bits per heavy atom. The zero-order valence-corrected chi connectivity index (χ0v) is 18.9. The highest BCUT2D eigenvalue weighted by molar-refractivity contribution is 8.00. The molecule has 1 aromatic heterocycles. The van der Waals surface area contributed by atoms with Crippen molar-refractivity contribution in [3.8, 4) is 0 Å². The topological polar surface area (TPSA) is 87.3 Å². The Morgan fingerprint density at radius 3 is 2.67 bits per heavy atom. The molecule has 158 valence electrons. The molecule has 1 atom stereocenters. The normalized spacial score (nSPS) is 18.1. The molecule has 3 N–H and O–H groups in total. The van der Waals surface area contributed by atoms with Gasteiger partial charge in [-0.15, -0.1) is 23.1 Å². The number of thiophene rings is 1. The summed E-state index contributed by atoms with van der Waals surface area (Å²) in [5.74, 6) is 0.157. The third-order valence-electron chi connectivity index (χ3n) is 5.70. The van der Waals surface area contributed by atoms with Crippen LogP contribution in [-0.2, 0) is 17.6 Å². The average molecular weight is 444 g/mol. The summed E-state index contributed by atoms with van der Waals surface area (Å²) in [7, 11) is 0. The number of nitrogens with one attached hydrogen (secondary N) is 3. The van der Waals surface area contributed by atoms with Crippen molar-refractivity contribution in [2.45, 2.75) is 44.9 Å². The number of hydrogen-bond donors (Lipinski definition) is 3. The third kappa shape index (κ3) is 4.39. The number of anilines is 1. The maximum absolute atomic E-state index is 12.6. The SMILES string of the molecule is CC(C)(C)C1CCc2sc(C(=O)NNC(=O)c3ccc4c(c3)NC(=O)CS4)cc2C1. The van der Waals surface area contributed by atoms with Crippen molar-refractivity contribution >= 4 is 46.5 Å². The fraction of sp³-hybridized carbons (Fsp3) is 0.409. The summed E-state index contributed by atoms with van der Waals surface area (Å²) in [5.41, 5.74) is 7.49. The summed E-state index contributed by atoms with van der Waals surface area (Å²) in [6.07, 6.45) is 3.14. The van der Waals surface area contributed by atoms with Gasteiger partial charge in [0, 0.05) is 15.3 Å². The zero-order valence-electron chi connectivity index (χ0n) is 17.3. The minimum atomic E-state index is -0.426. The second-order valence-electron chi connectivity index (χ2n) is 8.82. The summed E-state index contributed by atoms with van der Waals surface area (Å²) in [6, 6.07) is 7.07. The van der Waals surface area contributed by atoms with Crippen LogP contribution in [0.5, 0.6) is 0 Å². The molecule has 0 spiro atoms. The first-order chi connectivity index (χ1) is 14.2. The first-order valence-corrected chi connectivity index (χ1v) is 11.8. The van der Waals surface area contributed by atoms with Crippen LogP contribution in [0.1, 0.15) is 57.7 Å². The highest BCUT2D eigenvalue weighted by atomic mass is 32.2. The molecule has 3 amide bonds. The molecule has 1 aliphatic carbocycles. The van der Waals surface area contributed by atoms with E-state index in [2.05, 4.69) is 36.9 Å². The van der Waals surface area contributed by atoms with Gasteiger partial charge in [-0.3, -0.25) is 25.2 Å². The van der Waals surface area contributed by atoms with Crippen molar-refractivity contribution in [1.82, 2.24) is 10.9 Å². The number of benzene rings is 1. The van der Waals surface area contributed by atoms with Crippen molar-refractivity contribution in [3.63, 3.8) is 0 Å². The molecule has 0 bridgehead atoms. The maximum Gasteiger partial charge on any atom is 0.279 e. The Kier molecular flexibility index (Phi) is 5.63. The lowest BCUT2D eigenvalue weighted by Crippen LogP contribution is -2.41. The molecule has 0 saturated heterocycles. The molecule has 30 heavy (non-hydrogen) atoms. The maximum atomic E-state index is 12.6. The van der Waals surface area contributed by atoms with Crippen LogP contribution in [0.15, 0.2) is 29.2 Å². The minimum absolute atomic E-state index is 0.0891. The quantitative estimate of drug-likeness (QED) is 0.612. The van der Waals surface area contributed by atoms with E-state index in [9.17, 15) is 14.4 Å². The van der Waals surface area contributed by atoms with Crippen molar-refractivity contribution < 1.29 is 14.4 Å². The Morgan fingerprint density at radius 2 is 1.90 bits per heavy atom. The number of amides is 3. The van der Waals surface area contributed by atoms with Gasteiger partial charge in [-0.2, -0.15) is 0 Å². The Hall–Kier alpha value is -2.32. The average Bonchev–Trinajstić information content (AvgIpc) is 3.14. The highest BCUT2D eigenvalue weighted by Crippen LogP contribution is 2.40. The van der Waals surface area contributed by atoms with Gasteiger partial charge >= 0.3 is 0 Å². The first-order valence-electron chi connectivity index (χ1n) is 9.99. The number of hydrogen-bond acceptors (Lipinski definition) is 5. The fourth-order valence-electron chi connectivity index (χ4n) is 3.85. The van der Waals surface area contributed by atoms with E-state index in [0.29, 0.717) is 27.8 Å². The molecule has 2 heterocycles. The van der Waals surface area contributed by atoms with E-state index in [1.165, 1.54) is 33.5 Å². The standard InChI is InChI=1S/C22H25N3O3S2/c1-22(2,3)14-5-7-16-13(8-14)10-18(30-16)21(28)25-24-20(27)12-4-6-17-15(9-12)23-19(26)11-29-17/h4,6,9-10,14H,5,7-8,11H2,1-3H3,(H,23,26)(H,24,27)(H,25,28). The van der Waals surface area contributed by atoms with Crippen molar-refractivity contribution in [1.29, 1.82) is 0 Å². The van der Waals surface area contributed by atoms with E-state index in [4.69, 9.17) is 0 Å². The lowest BCUT2D eigenvalue weighted by atomic mass is 9.72. The molecule has 2 aromatic rings. The largest absolute Gasteiger partial charge is 0.324 e. The molecule has 1 aromatic carbocycles. The lowest BCUT2D eigenvalue weighted by Gasteiger charge is -2.33. The van der Waals surface area contributed by atoms with Gasteiger partial charge in [-0.25, -0.2) is 0 Å². The summed E-state index contributed by atoms with van der Waals surface area (Å²) in [4.78, 5) is 39.4.